The number of aryl methyl sites for hydroxylation is 1. The SMILES string of the molecule is CCn1cc(C[N+]2(CC3=C(C(=O)OCc4ccc(OC)cc4)N4C(=O)[C@@H](NC(=O)C(=NOC(CC(=O)OC(C)(C)C)C(=O)OCc5ccc(OC)cc5)c5csc(NC(=O)OC(C)(C)C)n5)[C@H]4SC3)CCCC2)c(=O)c2c(Cl)c(OCc3ccc(OC)cc3)c(OCc3ccc(OC)cc3)cc21. The first-order valence-corrected chi connectivity index (χ1v) is 35.3. The third-order valence-corrected chi connectivity index (χ3v) is 19.2. The predicted molar refractivity (Wildman–Crippen MR) is 383 cm³/mol. The van der Waals surface area contributed by atoms with Gasteiger partial charge in [0, 0.05) is 48.4 Å². The molecule has 0 bridgehead atoms. The Kier molecular flexibility index (Phi) is 24.1. The number of hydrogen-bond acceptors (Lipinski definition) is 22. The van der Waals surface area contributed by atoms with Crippen molar-refractivity contribution in [1.82, 2.24) is 19.8 Å². The summed E-state index contributed by atoms with van der Waals surface area (Å²) < 4.78 is 59.4. The van der Waals surface area contributed by atoms with Crippen LogP contribution in [0.5, 0.6) is 34.5 Å². The van der Waals surface area contributed by atoms with Gasteiger partial charge in [0.1, 0.15) is 96.5 Å². The Bertz CT molecular complexity index is 4330. The van der Waals surface area contributed by atoms with Crippen molar-refractivity contribution in [2.75, 3.05) is 59.1 Å². The number of benzene rings is 5. The summed E-state index contributed by atoms with van der Waals surface area (Å²) in [6, 6.07) is 29.0. The third kappa shape index (κ3) is 18.6. The lowest BCUT2D eigenvalue weighted by atomic mass is 10.0. The Hall–Kier alpha value is -9.83. The first kappa shape index (κ1) is 74.8. The van der Waals surface area contributed by atoms with Crippen LogP contribution < -0.4 is 44.5 Å². The van der Waals surface area contributed by atoms with Crippen molar-refractivity contribution in [3.05, 3.63) is 175 Å². The van der Waals surface area contributed by atoms with E-state index in [9.17, 15) is 19.2 Å². The maximum Gasteiger partial charge on any atom is 0.413 e. The van der Waals surface area contributed by atoms with E-state index in [-0.39, 0.29) is 83.4 Å². The van der Waals surface area contributed by atoms with Gasteiger partial charge in [-0.3, -0.25) is 29.4 Å². The normalized spacial score (nSPS) is 16.0. The number of amides is 3. The molecule has 0 spiro atoms. The number of thiazole rings is 1. The van der Waals surface area contributed by atoms with Crippen LogP contribution in [0.1, 0.15) is 101 Å². The van der Waals surface area contributed by atoms with Crippen LogP contribution in [0.3, 0.4) is 0 Å². The van der Waals surface area contributed by atoms with E-state index in [1.165, 1.54) is 36.3 Å². The molecule has 3 aliphatic heterocycles. The lowest BCUT2D eigenvalue weighted by Gasteiger charge is -2.50. The van der Waals surface area contributed by atoms with Crippen molar-refractivity contribution in [1.29, 1.82) is 0 Å². The third-order valence-electron chi connectivity index (χ3n) is 16.8. The number of nitrogens with one attached hydrogen (secondary N) is 2. The number of pyridine rings is 1. The number of likely N-dealkylation sites (tertiary alicyclic amines) is 1. The summed E-state index contributed by atoms with van der Waals surface area (Å²) in [6.07, 6.45) is 0.100. The number of thioether (sulfide) groups is 1. The number of rotatable bonds is 29. The summed E-state index contributed by atoms with van der Waals surface area (Å²) in [7, 11) is 6.23. The molecule has 2 saturated heterocycles. The zero-order valence-electron chi connectivity index (χ0n) is 58.7. The van der Waals surface area contributed by atoms with E-state index >= 15 is 14.4 Å². The molecular formula is C74H83ClN7O18S2+. The van der Waals surface area contributed by atoms with E-state index in [0.29, 0.717) is 80.6 Å². The molecule has 0 saturated carbocycles. The molecule has 5 heterocycles. The Balaban J connectivity index is 0.969. The lowest BCUT2D eigenvalue weighted by molar-refractivity contribution is -0.925. The van der Waals surface area contributed by atoms with Crippen LogP contribution in [0.25, 0.3) is 10.9 Å². The predicted octanol–water partition coefficient (Wildman–Crippen LogP) is 11.4. The average molecular weight is 1460 g/mol. The highest BCUT2D eigenvalue weighted by molar-refractivity contribution is 8.00. The molecule has 0 aliphatic carbocycles. The van der Waals surface area contributed by atoms with E-state index < -0.39 is 76.7 Å². The van der Waals surface area contributed by atoms with Crippen LogP contribution in [-0.4, -0.2) is 143 Å². The molecule has 3 amide bonds. The minimum absolute atomic E-state index is 0.00627. The van der Waals surface area contributed by atoms with Gasteiger partial charge in [-0.05, 0) is 119 Å². The summed E-state index contributed by atoms with van der Waals surface area (Å²) in [5.41, 5.74) is 1.54. The van der Waals surface area contributed by atoms with Gasteiger partial charge in [0.05, 0.1) is 69.4 Å². The van der Waals surface area contributed by atoms with Crippen molar-refractivity contribution in [2.24, 2.45) is 5.16 Å². The number of oxime groups is 1. The fraction of sp³-hybridized carbons (Fsp3) is 0.392. The van der Waals surface area contributed by atoms with Crippen LogP contribution in [0.15, 0.2) is 136 Å². The average Bonchev–Trinajstić information content (AvgIpc) is 0.838. The van der Waals surface area contributed by atoms with Crippen LogP contribution in [0.4, 0.5) is 9.93 Å². The number of nitrogens with zero attached hydrogens (tertiary/aromatic N) is 5. The number of anilines is 1. The first-order chi connectivity index (χ1) is 48.8. The van der Waals surface area contributed by atoms with Crippen molar-refractivity contribution >= 4 is 92.3 Å². The second kappa shape index (κ2) is 32.9. The molecule has 7 aromatic rings. The van der Waals surface area contributed by atoms with Crippen LogP contribution in [-0.2, 0) is 87.3 Å². The molecule has 2 fully saturated rings. The summed E-state index contributed by atoms with van der Waals surface area (Å²) in [5.74, 6) is -1.16. The number of carbonyl (C=O) groups excluding carboxylic acids is 6. The number of quaternary nitrogens is 1. The number of halogens is 1. The van der Waals surface area contributed by atoms with Crippen molar-refractivity contribution in [3.8, 4) is 34.5 Å². The lowest BCUT2D eigenvalue weighted by Crippen LogP contribution is -2.71. The summed E-state index contributed by atoms with van der Waals surface area (Å²) >= 11 is 9.67. The highest BCUT2D eigenvalue weighted by Gasteiger charge is 2.56. The molecule has 10 rings (SSSR count). The van der Waals surface area contributed by atoms with E-state index in [1.807, 2.05) is 66.2 Å². The quantitative estimate of drug-likeness (QED) is 0.0110. The van der Waals surface area contributed by atoms with Crippen LogP contribution >= 0.6 is 34.7 Å². The molecule has 5 aromatic carbocycles. The Morgan fingerprint density at radius 1 is 0.716 bits per heavy atom. The largest absolute Gasteiger partial charge is 0.497 e. The maximum atomic E-state index is 15.4. The molecule has 1 unspecified atom stereocenters. The number of β-lactam (4-membered cyclic amide) rings is 1. The standard InChI is InChI=1S/C74H82ClN7O18S2/c1-12-80-35-48(64(84)59-55(80)33-56(94-38-44-15-23-50(90-8)24-16-44)65(60(59)75)95-39-45-17-25-51(91-9)26-18-45)36-82(31-13-14-32-82)37-49-42-101-68-62(67(86)81(68)63(49)70(88)97-41-47-21-29-53(93-11)30-22-47)77-66(85)61(54-43-102-71(76-54)78-72(89)99-74(5,6)7)79-100-57(34-58(83)98-73(2,3)4)69(87)96-40-46-19-27-52(92-10)28-20-46/h15-30,33,35,43,57,62,68H,12-14,31-32,34,36-42H2,1-11H3,(H-,76,77,78,85,89)/p+1/t57?,62-,68-/m1/s1. The minimum atomic E-state index is -1.79. The molecular weight excluding hydrogens is 1370 g/mol. The van der Waals surface area contributed by atoms with E-state index in [1.54, 1.807) is 110 Å². The molecule has 28 heteroatoms. The Morgan fingerprint density at radius 2 is 1.25 bits per heavy atom. The smallest absolute Gasteiger partial charge is 0.413 e. The molecule has 102 heavy (non-hydrogen) atoms. The Morgan fingerprint density at radius 3 is 1.79 bits per heavy atom. The Labute approximate surface area is 603 Å². The second-order valence-electron chi connectivity index (χ2n) is 26.4. The fourth-order valence-electron chi connectivity index (χ4n) is 11.8. The highest BCUT2D eigenvalue weighted by atomic mass is 35.5. The molecule has 2 aromatic heterocycles. The van der Waals surface area contributed by atoms with Gasteiger partial charge in [-0.25, -0.2) is 19.4 Å². The van der Waals surface area contributed by atoms with Crippen molar-refractivity contribution in [2.45, 2.75) is 136 Å². The number of esters is 3. The zero-order chi connectivity index (χ0) is 73.0. The number of methoxy groups -OCH3 is 4. The molecule has 540 valence electrons. The van der Waals surface area contributed by atoms with Gasteiger partial charge in [0.15, 0.2) is 27.8 Å². The fourth-order valence-corrected chi connectivity index (χ4v) is 14.1. The number of hydrogen-bond donors (Lipinski definition) is 2. The van der Waals surface area contributed by atoms with Gasteiger partial charge >= 0.3 is 24.0 Å². The summed E-state index contributed by atoms with van der Waals surface area (Å²) in [6.45, 7) is 13.9. The van der Waals surface area contributed by atoms with Gasteiger partial charge in [-0.15, -0.1) is 23.1 Å². The van der Waals surface area contributed by atoms with Gasteiger partial charge < -0.3 is 66.6 Å². The first-order valence-electron chi connectivity index (χ1n) is 33.0. The molecule has 2 N–H and O–H groups in total. The molecule has 3 aliphatic rings. The second-order valence-corrected chi connectivity index (χ2v) is 28.8. The van der Waals surface area contributed by atoms with Gasteiger partial charge in [0.25, 0.3) is 11.8 Å². The minimum Gasteiger partial charge on any atom is -0.497 e. The number of fused-ring (bicyclic) bond motifs is 2. The number of carbonyl (C=O) groups is 6. The van der Waals surface area contributed by atoms with Crippen LogP contribution in [0, 0.1) is 0 Å². The van der Waals surface area contributed by atoms with Crippen molar-refractivity contribution in [3.63, 3.8) is 0 Å². The highest BCUT2D eigenvalue weighted by Crippen LogP contribution is 2.44. The van der Waals surface area contributed by atoms with Crippen molar-refractivity contribution < 1.29 is 85.5 Å². The van der Waals surface area contributed by atoms with Gasteiger partial charge in [-0.1, -0.05) is 65.3 Å². The molecule has 25 nitrogen and oxygen atoms in total. The van der Waals surface area contributed by atoms with Crippen LogP contribution in [0.2, 0.25) is 5.02 Å². The summed E-state index contributed by atoms with van der Waals surface area (Å²) in [5, 5.41) is 10.3. The van der Waals surface area contributed by atoms with E-state index in [4.69, 9.17) is 63.8 Å². The van der Waals surface area contributed by atoms with E-state index in [0.717, 1.165) is 35.3 Å². The van der Waals surface area contributed by atoms with Gasteiger partial charge in [0.2, 0.25) is 6.10 Å². The van der Waals surface area contributed by atoms with E-state index in [2.05, 4.69) is 20.8 Å². The van der Waals surface area contributed by atoms with Gasteiger partial charge in [-0.2, -0.15) is 0 Å². The molecule has 0 radical (unpaired) electrons. The number of ether oxygens (including phenoxy) is 10. The number of aromatic nitrogens is 2. The topological polar surface area (TPSA) is 278 Å². The molecule has 3 atom stereocenters. The summed E-state index contributed by atoms with van der Waals surface area (Å²) in [4.78, 5) is 112. The maximum absolute atomic E-state index is 15.4. The zero-order valence-corrected chi connectivity index (χ0v) is 61.1. The monoisotopic (exact) mass is 1460 g/mol.